The average molecular weight is 186 g/mol. The molecule has 0 atom stereocenters. The maximum atomic E-state index is 8.49. The molecule has 1 rings (SSSR count). The summed E-state index contributed by atoms with van der Waals surface area (Å²) in [7, 11) is 0. The number of nitrogens with zero attached hydrogens (tertiary/aromatic N) is 1. The molecule has 0 unspecified atom stereocenters. The van der Waals surface area contributed by atoms with Gasteiger partial charge in [-0.05, 0) is 24.6 Å². The van der Waals surface area contributed by atoms with Crippen LogP contribution in [0.5, 0.6) is 0 Å². The molecule has 0 radical (unpaired) electrons. The van der Waals surface area contributed by atoms with Crippen molar-refractivity contribution < 1.29 is 0 Å². The van der Waals surface area contributed by atoms with Gasteiger partial charge in [0.2, 0.25) is 0 Å². The Bertz CT molecular complexity index is 344. The summed E-state index contributed by atoms with van der Waals surface area (Å²) in [6.45, 7) is 6.58. The lowest BCUT2D eigenvalue weighted by atomic mass is 10.1. The Kier molecular flexibility index (Phi) is 3.75. The van der Waals surface area contributed by atoms with Gasteiger partial charge in [0.15, 0.2) is 0 Å². The summed E-state index contributed by atoms with van der Waals surface area (Å²) in [5, 5.41) is 11.7. The van der Waals surface area contributed by atoms with Crippen LogP contribution in [0.25, 0.3) is 0 Å². The van der Waals surface area contributed by atoms with Gasteiger partial charge in [-0.15, -0.1) is 0 Å². The molecule has 72 valence electrons. The smallest absolute Gasteiger partial charge is 0.0669 e. The SMILES string of the molecule is C=C(C)CNc1ccc(CC#N)cc1. The molecule has 2 heteroatoms. The van der Waals surface area contributed by atoms with Crippen molar-refractivity contribution in [1.29, 1.82) is 5.26 Å². The Morgan fingerprint density at radius 3 is 2.57 bits per heavy atom. The standard InChI is InChI=1S/C12H14N2/c1-10(2)9-14-12-5-3-11(4-6-12)7-8-13/h3-6,14H,1,7,9H2,2H3. The molecule has 14 heavy (non-hydrogen) atoms. The van der Waals surface area contributed by atoms with Crippen LogP contribution < -0.4 is 5.32 Å². The van der Waals surface area contributed by atoms with E-state index in [0.717, 1.165) is 23.4 Å². The predicted molar refractivity (Wildman–Crippen MR) is 59.1 cm³/mol. The molecule has 0 heterocycles. The summed E-state index contributed by atoms with van der Waals surface area (Å²) in [5.74, 6) is 0. The maximum Gasteiger partial charge on any atom is 0.0669 e. The van der Waals surface area contributed by atoms with Gasteiger partial charge in [0.25, 0.3) is 0 Å². The number of anilines is 1. The van der Waals surface area contributed by atoms with Crippen LogP contribution in [0.4, 0.5) is 5.69 Å². The topological polar surface area (TPSA) is 35.8 Å². The normalized spacial score (nSPS) is 9.14. The van der Waals surface area contributed by atoms with Gasteiger partial charge in [0.1, 0.15) is 0 Å². The van der Waals surface area contributed by atoms with Gasteiger partial charge in [-0.2, -0.15) is 5.26 Å². The number of nitriles is 1. The Morgan fingerprint density at radius 1 is 1.43 bits per heavy atom. The van der Waals surface area contributed by atoms with Gasteiger partial charge in [0.05, 0.1) is 12.5 Å². The molecule has 0 aliphatic heterocycles. The highest BCUT2D eigenvalue weighted by atomic mass is 14.9. The minimum atomic E-state index is 0.473. The average Bonchev–Trinajstić information content (AvgIpc) is 2.17. The van der Waals surface area contributed by atoms with Crippen LogP contribution in [0.15, 0.2) is 36.4 Å². The third-order valence-corrected chi connectivity index (χ3v) is 1.83. The molecule has 0 saturated carbocycles. The summed E-state index contributed by atoms with van der Waals surface area (Å²) >= 11 is 0. The quantitative estimate of drug-likeness (QED) is 0.734. The number of hydrogen-bond acceptors (Lipinski definition) is 2. The van der Waals surface area contributed by atoms with Crippen molar-refractivity contribution in [2.75, 3.05) is 11.9 Å². The highest BCUT2D eigenvalue weighted by Gasteiger charge is 1.93. The zero-order chi connectivity index (χ0) is 10.4. The van der Waals surface area contributed by atoms with Crippen molar-refractivity contribution in [3.63, 3.8) is 0 Å². The Balaban J connectivity index is 2.56. The molecule has 0 aliphatic carbocycles. The van der Waals surface area contributed by atoms with Crippen molar-refractivity contribution in [1.82, 2.24) is 0 Å². The van der Waals surface area contributed by atoms with E-state index in [1.54, 1.807) is 0 Å². The first-order valence-corrected chi connectivity index (χ1v) is 4.56. The molecule has 0 bridgehead atoms. The third kappa shape index (κ3) is 3.32. The molecule has 1 aromatic carbocycles. The van der Waals surface area contributed by atoms with Crippen molar-refractivity contribution >= 4 is 5.69 Å². The lowest BCUT2D eigenvalue weighted by Gasteiger charge is -2.05. The monoisotopic (exact) mass is 186 g/mol. The van der Waals surface area contributed by atoms with Crippen LogP contribution >= 0.6 is 0 Å². The highest BCUT2D eigenvalue weighted by Crippen LogP contribution is 2.09. The summed E-state index contributed by atoms with van der Waals surface area (Å²) in [5.41, 5.74) is 3.22. The molecule has 0 saturated heterocycles. The van der Waals surface area contributed by atoms with E-state index in [1.807, 2.05) is 31.2 Å². The number of rotatable bonds is 4. The van der Waals surface area contributed by atoms with E-state index < -0.39 is 0 Å². The van der Waals surface area contributed by atoms with E-state index in [9.17, 15) is 0 Å². The molecular weight excluding hydrogens is 172 g/mol. The summed E-state index contributed by atoms with van der Waals surface area (Å²) in [6.07, 6.45) is 0.473. The number of benzene rings is 1. The summed E-state index contributed by atoms with van der Waals surface area (Å²) < 4.78 is 0. The third-order valence-electron chi connectivity index (χ3n) is 1.83. The van der Waals surface area contributed by atoms with E-state index in [4.69, 9.17) is 5.26 Å². The second kappa shape index (κ2) is 5.08. The fourth-order valence-electron chi connectivity index (χ4n) is 1.08. The van der Waals surface area contributed by atoms with E-state index in [0.29, 0.717) is 6.42 Å². The summed E-state index contributed by atoms with van der Waals surface area (Å²) in [6, 6.07) is 10.0. The van der Waals surface area contributed by atoms with Gasteiger partial charge in [-0.25, -0.2) is 0 Å². The minimum Gasteiger partial charge on any atom is -0.381 e. The van der Waals surface area contributed by atoms with Crippen LogP contribution in [0.2, 0.25) is 0 Å². The van der Waals surface area contributed by atoms with E-state index >= 15 is 0 Å². The van der Waals surface area contributed by atoms with E-state index in [-0.39, 0.29) is 0 Å². The molecule has 0 aromatic heterocycles. The van der Waals surface area contributed by atoms with Crippen molar-refractivity contribution in [3.8, 4) is 6.07 Å². The molecule has 1 aromatic rings. The van der Waals surface area contributed by atoms with Gasteiger partial charge >= 0.3 is 0 Å². The highest BCUT2D eigenvalue weighted by molar-refractivity contribution is 5.45. The van der Waals surface area contributed by atoms with Gasteiger partial charge < -0.3 is 5.32 Å². The molecule has 1 N–H and O–H groups in total. The first-order chi connectivity index (χ1) is 6.72. The molecular formula is C12H14N2. The maximum absolute atomic E-state index is 8.49. The Hall–Kier alpha value is -1.75. The number of nitrogens with one attached hydrogen (secondary N) is 1. The van der Waals surface area contributed by atoms with Crippen LogP contribution in [-0.4, -0.2) is 6.54 Å². The Labute approximate surface area is 84.9 Å². The first kappa shape index (κ1) is 10.3. The van der Waals surface area contributed by atoms with Crippen LogP contribution in [0, 0.1) is 11.3 Å². The predicted octanol–water partition coefficient (Wildman–Crippen LogP) is 2.74. The first-order valence-electron chi connectivity index (χ1n) is 4.56. The van der Waals surface area contributed by atoms with Crippen LogP contribution in [-0.2, 0) is 6.42 Å². The van der Waals surface area contributed by atoms with E-state index in [2.05, 4.69) is 18.0 Å². The zero-order valence-electron chi connectivity index (χ0n) is 8.38. The van der Waals surface area contributed by atoms with Crippen molar-refractivity contribution in [3.05, 3.63) is 42.0 Å². The lowest BCUT2D eigenvalue weighted by Crippen LogP contribution is -2.01. The number of hydrogen-bond donors (Lipinski definition) is 1. The second-order valence-corrected chi connectivity index (χ2v) is 3.34. The van der Waals surface area contributed by atoms with Crippen molar-refractivity contribution in [2.45, 2.75) is 13.3 Å². The van der Waals surface area contributed by atoms with Gasteiger partial charge in [-0.3, -0.25) is 0 Å². The second-order valence-electron chi connectivity index (χ2n) is 3.34. The summed E-state index contributed by atoms with van der Waals surface area (Å²) in [4.78, 5) is 0. The molecule has 0 aliphatic rings. The van der Waals surface area contributed by atoms with Crippen LogP contribution in [0.3, 0.4) is 0 Å². The van der Waals surface area contributed by atoms with Gasteiger partial charge in [-0.1, -0.05) is 24.3 Å². The molecule has 0 spiro atoms. The minimum absolute atomic E-state index is 0.473. The van der Waals surface area contributed by atoms with Crippen molar-refractivity contribution in [2.24, 2.45) is 0 Å². The zero-order valence-corrected chi connectivity index (χ0v) is 8.38. The largest absolute Gasteiger partial charge is 0.381 e. The Morgan fingerprint density at radius 2 is 2.07 bits per heavy atom. The van der Waals surface area contributed by atoms with Crippen LogP contribution in [0.1, 0.15) is 12.5 Å². The lowest BCUT2D eigenvalue weighted by molar-refractivity contribution is 1.21. The fourth-order valence-corrected chi connectivity index (χ4v) is 1.08. The molecule has 0 amide bonds. The molecule has 0 fully saturated rings. The van der Waals surface area contributed by atoms with E-state index in [1.165, 1.54) is 0 Å². The molecule has 2 nitrogen and oxygen atoms in total. The van der Waals surface area contributed by atoms with Gasteiger partial charge in [0, 0.05) is 12.2 Å². The fraction of sp³-hybridized carbons (Fsp3) is 0.250.